The number of phenols is 1. The van der Waals surface area contributed by atoms with E-state index in [0.717, 1.165) is 65.7 Å². The number of nitrogens with two attached hydrogens (primary N) is 1. The molecule has 1 aliphatic heterocycles. The Balaban J connectivity index is 1.02. The molecule has 5 aromatic rings. The van der Waals surface area contributed by atoms with Crippen LogP contribution in [-0.2, 0) is 29.0 Å². The molecule has 4 aliphatic carbocycles. The van der Waals surface area contributed by atoms with E-state index in [4.69, 9.17) is 25.3 Å². The first-order valence-corrected chi connectivity index (χ1v) is 21.7. The Labute approximate surface area is 349 Å². The van der Waals surface area contributed by atoms with Crippen LogP contribution in [0.1, 0.15) is 111 Å². The maximum absolute atomic E-state index is 14.1. The van der Waals surface area contributed by atoms with Gasteiger partial charge in [0.1, 0.15) is 17.2 Å². The van der Waals surface area contributed by atoms with Crippen molar-refractivity contribution < 1.29 is 24.2 Å². The zero-order valence-electron chi connectivity index (χ0n) is 35.0. The van der Waals surface area contributed by atoms with E-state index in [9.17, 15) is 14.7 Å². The van der Waals surface area contributed by atoms with Gasteiger partial charge in [-0.15, -0.1) is 0 Å². The summed E-state index contributed by atoms with van der Waals surface area (Å²) in [6, 6.07) is 14.8. The number of rotatable bonds is 10. The van der Waals surface area contributed by atoms with Crippen LogP contribution in [0, 0.1) is 23.2 Å². The lowest BCUT2D eigenvalue weighted by molar-refractivity contribution is -0.247. The van der Waals surface area contributed by atoms with Crippen LogP contribution >= 0.6 is 11.3 Å². The molecule has 5 aliphatic rings. The minimum Gasteiger partial charge on any atom is -0.508 e. The fourth-order valence-electron chi connectivity index (χ4n) is 12.1. The normalized spacial score (nSPS) is 26.0. The Morgan fingerprint density at radius 1 is 0.949 bits per heavy atom. The zero-order valence-corrected chi connectivity index (χ0v) is 35.8. The number of para-hydroxylation sites is 1. The predicted octanol–water partition coefficient (Wildman–Crippen LogP) is 8.43. The van der Waals surface area contributed by atoms with Gasteiger partial charge in [0.15, 0.2) is 10.8 Å². The second-order valence-electron chi connectivity index (χ2n) is 19.6. The highest BCUT2D eigenvalue weighted by molar-refractivity contribution is 7.22. The molecule has 2 aromatic carbocycles. The number of aromatic hydroxyl groups is 1. The summed E-state index contributed by atoms with van der Waals surface area (Å²) in [5.74, 6) is -0.101. The summed E-state index contributed by atoms with van der Waals surface area (Å²) >= 11 is 1.41. The number of benzene rings is 2. The lowest BCUT2D eigenvalue weighted by atomic mass is 9.39. The Morgan fingerprint density at radius 2 is 1.71 bits per heavy atom. The molecule has 0 spiro atoms. The maximum Gasteiger partial charge on any atom is 0.358 e. The first-order valence-electron chi connectivity index (χ1n) is 20.8. The van der Waals surface area contributed by atoms with E-state index in [1.807, 2.05) is 68.3 Å². The largest absolute Gasteiger partial charge is 0.508 e. The van der Waals surface area contributed by atoms with Gasteiger partial charge in [0.2, 0.25) is 0 Å². The van der Waals surface area contributed by atoms with Crippen molar-refractivity contribution in [2.24, 2.45) is 22.0 Å². The number of pyridine rings is 1. The number of fused-ring (bicyclic) bond motifs is 2. The van der Waals surface area contributed by atoms with Gasteiger partial charge in [-0.1, -0.05) is 37.3 Å². The molecular formula is C46H55N7O5S. The van der Waals surface area contributed by atoms with E-state index < -0.39 is 11.6 Å². The van der Waals surface area contributed by atoms with Crippen LogP contribution in [-0.4, -0.2) is 67.6 Å². The molecule has 12 nitrogen and oxygen atoms in total. The van der Waals surface area contributed by atoms with Gasteiger partial charge in [-0.05, 0) is 131 Å². The van der Waals surface area contributed by atoms with Crippen molar-refractivity contribution in [3.63, 3.8) is 0 Å². The molecule has 4 saturated carbocycles. The minimum absolute atomic E-state index is 0.0418. The van der Waals surface area contributed by atoms with Crippen LogP contribution in [0.5, 0.6) is 5.75 Å². The number of carbonyl (C=O) groups excluding carboxylic acids is 2. The highest BCUT2D eigenvalue weighted by Gasteiger charge is 2.66. The molecule has 4 bridgehead atoms. The number of phenolic OH excluding ortho intramolecular Hbond substituents is 1. The maximum atomic E-state index is 14.1. The molecule has 2 atom stereocenters. The molecule has 10 rings (SSSR count). The smallest absolute Gasteiger partial charge is 0.358 e. The van der Waals surface area contributed by atoms with Crippen molar-refractivity contribution in [2.75, 3.05) is 29.9 Å². The van der Waals surface area contributed by atoms with Gasteiger partial charge in [0, 0.05) is 54.1 Å². The number of ether oxygens (including phenoxy) is 2. The van der Waals surface area contributed by atoms with Gasteiger partial charge < -0.3 is 25.2 Å². The summed E-state index contributed by atoms with van der Waals surface area (Å²) in [7, 11) is 0. The molecule has 310 valence electrons. The molecular weight excluding hydrogens is 763 g/mol. The number of nitrogens with one attached hydrogen (secondary N) is 1. The fourth-order valence-corrected chi connectivity index (χ4v) is 13.0. The third-order valence-corrected chi connectivity index (χ3v) is 14.0. The molecule has 4 heterocycles. The van der Waals surface area contributed by atoms with Crippen LogP contribution in [0.15, 0.2) is 54.7 Å². The van der Waals surface area contributed by atoms with E-state index in [1.54, 1.807) is 12.1 Å². The Morgan fingerprint density at radius 3 is 2.44 bits per heavy atom. The van der Waals surface area contributed by atoms with Crippen LogP contribution in [0.2, 0.25) is 0 Å². The number of nitrogens with zero attached hydrogens (tertiary/aromatic N) is 5. The van der Waals surface area contributed by atoms with Gasteiger partial charge >= 0.3 is 5.97 Å². The summed E-state index contributed by atoms with van der Waals surface area (Å²) in [4.78, 5) is 39.5. The molecule has 1 amide bonds. The van der Waals surface area contributed by atoms with Gasteiger partial charge in [-0.3, -0.25) is 14.8 Å². The van der Waals surface area contributed by atoms with Crippen molar-refractivity contribution >= 4 is 44.4 Å². The molecule has 4 fully saturated rings. The molecule has 3 aromatic heterocycles. The summed E-state index contributed by atoms with van der Waals surface area (Å²) in [6.45, 7) is 15.2. The zero-order chi connectivity index (χ0) is 41.5. The first-order chi connectivity index (χ1) is 28.0. The number of carbonyl (C=O) groups is 2. The van der Waals surface area contributed by atoms with Gasteiger partial charge in [-0.25, -0.2) is 14.8 Å². The number of aromatic nitrogens is 4. The van der Waals surface area contributed by atoms with Crippen molar-refractivity contribution in [3.8, 4) is 16.9 Å². The number of hydrogen-bond acceptors (Lipinski definition) is 11. The Bertz CT molecular complexity index is 2430. The average Bonchev–Trinajstić information content (AvgIpc) is 3.73. The highest BCUT2D eigenvalue weighted by Crippen LogP contribution is 2.72. The molecule has 13 heteroatoms. The number of thiazole rings is 1. The predicted molar refractivity (Wildman–Crippen MR) is 230 cm³/mol. The number of esters is 1. The lowest BCUT2D eigenvalue weighted by Crippen LogP contribution is -2.64. The summed E-state index contributed by atoms with van der Waals surface area (Å²) in [6.07, 6.45) is 9.01. The second kappa shape index (κ2) is 14.1. The summed E-state index contributed by atoms with van der Waals surface area (Å²) in [5.41, 5.74) is 10.9. The molecule has 4 N–H and O–H groups in total. The Hall–Kier alpha value is -4.85. The Kier molecular flexibility index (Phi) is 9.48. The van der Waals surface area contributed by atoms with E-state index in [1.165, 1.54) is 17.8 Å². The third-order valence-electron chi connectivity index (χ3n) is 13.0. The topological polar surface area (TPSA) is 158 Å². The van der Waals surface area contributed by atoms with E-state index in [2.05, 4.69) is 35.8 Å². The van der Waals surface area contributed by atoms with E-state index >= 15 is 0 Å². The first kappa shape index (κ1) is 39.6. The standard InChI is InChI=1S/C46H55N7O5S/c1-28-32(19-48-53(28)27-45-22-43(5)21-44(6,23-45)25-46(24-43,26-45)57-18-16-47)30-12-14-37(50-38(30)40(56)58-42(2,3)4)52-17-15-29-33(20-52)31(11-13-35(29)54)39(55)51-41-49-34-9-7-8-10-36(34)59-41/h7-14,19,54H,15-18,20-27,47H2,1-6H3,(H,49,51,55). The lowest BCUT2D eigenvalue weighted by Gasteiger charge is -2.69. The van der Waals surface area contributed by atoms with E-state index in [-0.39, 0.29) is 39.2 Å². The highest BCUT2D eigenvalue weighted by atomic mass is 32.1. The quantitative estimate of drug-likeness (QED) is 0.117. The fraction of sp³-hybridized carbons (Fsp3) is 0.500. The van der Waals surface area contributed by atoms with Crippen molar-refractivity contribution in [1.29, 1.82) is 0 Å². The average molecular weight is 818 g/mol. The second-order valence-corrected chi connectivity index (χ2v) is 20.6. The van der Waals surface area contributed by atoms with Crippen LogP contribution in [0.3, 0.4) is 0 Å². The number of hydrogen-bond donors (Lipinski definition) is 3. The van der Waals surface area contributed by atoms with Crippen LogP contribution < -0.4 is 16.0 Å². The van der Waals surface area contributed by atoms with Gasteiger partial charge in [-0.2, -0.15) is 5.10 Å². The van der Waals surface area contributed by atoms with E-state index in [0.29, 0.717) is 60.3 Å². The van der Waals surface area contributed by atoms with Crippen molar-refractivity contribution in [2.45, 2.75) is 111 Å². The van der Waals surface area contributed by atoms with Crippen molar-refractivity contribution in [1.82, 2.24) is 19.7 Å². The molecule has 0 saturated heterocycles. The van der Waals surface area contributed by atoms with Crippen LogP contribution in [0.4, 0.5) is 10.9 Å². The summed E-state index contributed by atoms with van der Waals surface area (Å²) < 4.78 is 15.7. The SMILES string of the molecule is Cc1c(-c2ccc(N3CCc4c(O)ccc(C(=O)Nc5nc6ccccc6s5)c4C3)nc2C(=O)OC(C)(C)C)cnn1CC12CC3(C)CC(C)(C1)CC(OCCN)(C3)C2. The monoisotopic (exact) mass is 817 g/mol. The minimum atomic E-state index is -0.745. The van der Waals surface area contributed by atoms with Gasteiger partial charge in [0.25, 0.3) is 5.91 Å². The molecule has 2 unspecified atom stereocenters. The molecule has 59 heavy (non-hydrogen) atoms. The summed E-state index contributed by atoms with van der Waals surface area (Å²) in [5, 5.41) is 19.4. The third kappa shape index (κ3) is 7.39. The number of amides is 1. The number of anilines is 2. The van der Waals surface area contributed by atoms with Crippen molar-refractivity contribution in [3.05, 3.63) is 82.8 Å². The molecule has 0 radical (unpaired) electrons. The van der Waals surface area contributed by atoms with Crippen LogP contribution in [0.25, 0.3) is 21.3 Å². The van der Waals surface area contributed by atoms with Gasteiger partial charge in [0.05, 0.1) is 28.6 Å².